The Morgan fingerprint density at radius 1 is 1.20 bits per heavy atom. The third kappa shape index (κ3) is 3.15. The van der Waals surface area contributed by atoms with E-state index in [-0.39, 0.29) is 5.76 Å². The van der Waals surface area contributed by atoms with Crippen LogP contribution in [0.2, 0.25) is 0 Å². The van der Waals surface area contributed by atoms with Crippen molar-refractivity contribution in [3.05, 3.63) is 48.0 Å². The second-order valence-corrected chi connectivity index (χ2v) is 2.56. The second-order valence-electron chi connectivity index (χ2n) is 2.56. The van der Waals surface area contributed by atoms with E-state index in [0.29, 0.717) is 6.08 Å². The van der Waals surface area contributed by atoms with Crippen molar-refractivity contribution in [3.63, 3.8) is 0 Å². The molecule has 0 bridgehead atoms. The summed E-state index contributed by atoms with van der Waals surface area (Å²) in [6, 6.07) is 0. The van der Waals surface area contributed by atoms with Gasteiger partial charge in [0.25, 0.3) is 0 Å². The highest BCUT2D eigenvalue weighted by atomic mass is 16.5. The molecular formula is C10H8O5. The Labute approximate surface area is 85.3 Å². The van der Waals surface area contributed by atoms with Crippen LogP contribution in [0.5, 0.6) is 0 Å². The summed E-state index contributed by atoms with van der Waals surface area (Å²) < 4.78 is 4.93. The monoisotopic (exact) mass is 208 g/mol. The summed E-state index contributed by atoms with van der Waals surface area (Å²) in [6.45, 7) is 0. The standard InChI is InChI=1S/C10H8O5/c11-9(12)6-7(10(13)14)8-4-2-1-3-5-15-8/h1-6H,(H,11,12)(H,13,14)/b7-6-. The fourth-order valence-electron chi connectivity index (χ4n) is 0.919. The summed E-state index contributed by atoms with van der Waals surface area (Å²) in [7, 11) is 0. The van der Waals surface area contributed by atoms with Crippen LogP contribution >= 0.6 is 0 Å². The van der Waals surface area contributed by atoms with Gasteiger partial charge in [0.05, 0.1) is 6.26 Å². The maximum Gasteiger partial charge on any atom is 0.339 e. The van der Waals surface area contributed by atoms with Gasteiger partial charge in [-0.2, -0.15) is 0 Å². The summed E-state index contributed by atoms with van der Waals surface area (Å²) in [5.74, 6) is -2.71. The molecule has 78 valence electrons. The summed E-state index contributed by atoms with van der Waals surface area (Å²) in [5, 5.41) is 17.2. The van der Waals surface area contributed by atoms with Crippen LogP contribution in [0.15, 0.2) is 48.0 Å². The van der Waals surface area contributed by atoms with Crippen molar-refractivity contribution < 1.29 is 24.5 Å². The van der Waals surface area contributed by atoms with Gasteiger partial charge in [0.1, 0.15) is 11.3 Å². The Bertz CT molecular complexity index is 398. The molecule has 0 spiro atoms. The van der Waals surface area contributed by atoms with Crippen LogP contribution in [0.1, 0.15) is 0 Å². The maximum absolute atomic E-state index is 10.7. The van der Waals surface area contributed by atoms with E-state index in [0.717, 1.165) is 0 Å². The average molecular weight is 208 g/mol. The highest BCUT2D eigenvalue weighted by molar-refractivity contribution is 5.98. The molecule has 0 amide bonds. The lowest BCUT2D eigenvalue weighted by Gasteiger charge is -2.04. The SMILES string of the molecule is O=C(O)/C=C(\C(=O)O)C1=CC=CC=CO1. The molecule has 0 radical (unpaired) electrons. The van der Waals surface area contributed by atoms with Gasteiger partial charge in [0.2, 0.25) is 0 Å². The van der Waals surface area contributed by atoms with E-state index >= 15 is 0 Å². The zero-order chi connectivity index (χ0) is 11.3. The number of allylic oxidation sites excluding steroid dienone is 4. The minimum absolute atomic E-state index is 0.0186. The van der Waals surface area contributed by atoms with Crippen molar-refractivity contribution >= 4 is 11.9 Å². The molecule has 0 saturated heterocycles. The van der Waals surface area contributed by atoms with E-state index in [4.69, 9.17) is 14.9 Å². The first-order chi connectivity index (χ1) is 7.11. The minimum atomic E-state index is -1.35. The Morgan fingerprint density at radius 3 is 2.53 bits per heavy atom. The van der Waals surface area contributed by atoms with Gasteiger partial charge >= 0.3 is 11.9 Å². The zero-order valence-electron chi connectivity index (χ0n) is 7.58. The number of aliphatic carboxylic acids is 2. The second kappa shape index (κ2) is 4.80. The van der Waals surface area contributed by atoms with Crippen molar-refractivity contribution in [1.82, 2.24) is 0 Å². The first kappa shape index (κ1) is 10.8. The molecule has 1 rings (SSSR count). The fraction of sp³-hybridized carbons (Fsp3) is 0. The van der Waals surface area contributed by atoms with E-state index in [1.54, 1.807) is 18.2 Å². The quantitative estimate of drug-likeness (QED) is 0.677. The van der Waals surface area contributed by atoms with Gasteiger partial charge in [-0.25, -0.2) is 9.59 Å². The zero-order valence-corrected chi connectivity index (χ0v) is 7.58. The third-order valence-electron chi connectivity index (χ3n) is 1.51. The number of hydrogen-bond donors (Lipinski definition) is 2. The van der Waals surface area contributed by atoms with Crippen molar-refractivity contribution in [2.45, 2.75) is 0 Å². The van der Waals surface area contributed by atoms with Gasteiger partial charge in [-0.1, -0.05) is 12.2 Å². The number of carboxylic acids is 2. The number of ether oxygens (including phenoxy) is 1. The van der Waals surface area contributed by atoms with Crippen LogP contribution in [-0.2, 0) is 14.3 Å². The van der Waals surface area contributed by atoms with Crippen LogP contribution in [0.25, 0.3) is 0 Å². The van der Waals surface area contributed by atoms with Crippen molar-refractivity contribution in [3.8, 4) is 0 Å². The molecule has 0 unspecified atom stereocenters. The number of carbonyl (C=O) groups is 2. The maximum atomic E-state index is 10.7. The largest absolute Gasteiger partial charge is 0.478 e. The molecular weight excluding hydrogens is 200 g/mol. The lowest BCUT2D eigenvalue weighted by Crippen LogP contribution is -2.07. The minimum Gasteiger partial charge on any atom is -0.478 e. The molecule has 1 aliphatic rings. The Morgan fingerprint density at radius 2 is 1.93 bits per heavy atom. The molecule has 0 atom stereocenters. The molecule has 2 N–H and O–H groups in total. The van der Waals surface area contributed by atoms with Crippen LogP contribution in [0.3, 0.4) is 0 Å². The highest BCUT2D eigenvalue weighted by Crippen LogP contribution is 2.14. The van der Waals surface area contributed by atoms with Gasteiger partial charge in [-0.15, -0.1) is 0 Å². The Kier molecular flexibility index (Phi) is 3.45. The average Bonchev–Trinajstić information content (AvgIpc) is 2.41. The predicted molar refractivity (Wildman–Crippen MR) is 50.8 cm³/mol. The van der Waals surface area contributed by atoms with E-state index < -0.39 is 17.5 Å². The van der Waals surface area contributed by atoms with Gasteiger partial charge in [0, 0.05) is 6.08 Å². The Balaban J connectivity index is 3.05. The van der Waals surface area contributed by atoms with Crippen molar-refractivity contribution in [2.75, 3.05) is 0 Å². The fourth-order valence-corrected chi connectivity index (χ4v) is 0.919. The molecule has 0 aromatic carbocycles. The number of hydrogen-bond acceptors (Lipinski definition) is 3. The first-order valence-electron chi connectivity index (χ1n) is 3.99. The summed E-state index contributed by atoms with van der Waals surface area (Å²) in [6.07, 6.45) is 7.98. The van der Waals surface area contributed by atoms with Gasteiger partial charge in [-0.05, 0) is 12.2 Å². The normalized spacial score (nSPS) is 15.2. The molecule has 0 aromatic rings. The lowest BCUT2D eigenvalue weighted by atomic mass is 10.2. The van der Waals surface area contributed by atoms with Crippen LogP contribution in [0.4, 0.5) is 0 Å². The summed E-state index contributed by atoms with van der Waals surface area (Å²) >= 11 is 0. The molecule has 5 nitrogen and oxygen atoms in total. The lowest BCUT2D eigenvalue weighted by molar-refractivity contribution is -0.135. The molecule has 0 aliphatic carbocycles. The van der Waals surface area contributed by atoms with Crippen LogP contribution < -0.4 is 0 Å². The molecule has 0 saturated carbocycles. The first-order valence-corrected chi connectivity index (χ1v) is 3.99. The topological polar surface area (TPSA) is 83.8 Å². The molecule has 1 aliphatic heterocycles. The van der Waals surface area contributed by atoms with E-state index in [2.05, 4.69) is 0 Å². The van der Waals surface area contributed by atoms with E-state index in [9.17, 15) is 9.59 Å². The molecule has 0 fully saturated rings. The number of rotatable bonds is 3. The smallest absolute Gasteiger partial charge is 0.339 e. The van der Waals surface area contributed by atoms with Crippen molar-refractivity contribution in [1.29, 1.82) is 0 Å². The highest BCUT2D eigenvalue weighted by Gasteiger charge is 2.16. The third-order valence-corrected chi connectivity index (χ3v) is 1.51. The van der Waals surface area contributed by atoms with E-state index in [1.807, 2.05) is 0 Å². The van der Waals surface area contributed by atoms with Gasteiger partial charge in [0.15, 0.2) is 0 Å². The summed E-state index contributed by atoms with van der Waals surface area (Å²) in [5.41, 5.74) is -0.404. The number of carboxylic acid groups (broad SMARTS) is 2. The Hall–Kier alpha value is -2.30. The molecule has 15 heavy (non-hydrogen) atoms. The van der Waals surface area contributed by atoms with Crippen molar-refractivity contribution in [2.24, 2.45) is 0 Å². The molecule has 1 heterocycles. The predicted octanol–water partition coefficient (Wildman–Crippen LogP) is 1.07. The van der Waals surface area contributed by atoms with Crippen LogP contribution in [-0.4, -0.2) is 22.2 Å². The van der Waals surface area contributed by atoms with E-state index in [1.165, 1.54) is 12.3 Å². The molecule has 5 heteroatoms. The van der Waals surface area contributed by atoms with Crippen LogP contribution in [0, 0.1) is 0 Å². The summed E-state index contributed by atoms with van der Waals surface area (Å²) in [4.78, 5) is 21.1. The molecule has 0 aromatic heterocycles. The van der Waals surface area contributed by atoms with Gasteiger partial charge in [-0.3, -0.25) is 0 Å². The van der Waals surface area contributed by atoms with Gasteiger partial charge < -0.3 is 14.9 Å².